The van der Waals surface area contributed by atoms with E-state index < -0.39 is 0 Å². The Hall–Kier alpha value is -3.60. The lowest BCUT2D eigenvalue weighted by Gasteiger charge is -2.18. The third-order valence-electron chi connectivity index (χ3n) is 5.15. The quantitative estimate of drug-likeness (QED) is 0.568. The zero-order chi connectivity index (χ0) is 22.2. The molecule has 3 rings (SSSR count). The van der Waals surface area contributed by atoms with Crippen LogP contribution in [0.15, 0.2) is 72.8 Å². The van der Waals surface area contributed by atoms with E-state index in [0.717, 1.165) is 18.5 Å². The van der Waals surface area contributed by atoms with Crippen LogP contribution in [0.2, 0.25) is 0 Å². The molecular weight excluding hydrogens is 386 g/mol. The summed E-state index contributed by atoms with van der Waals surface area (Å²) >= 11 is 0. The van der Waals surface area contributed by atoms with Crippen molar-refractivity contribution < 1.29 is 9.59 Å². The van der Waals surface area contributed by atoms with Gasteiger partial charge in [0.05, 0.1) is 5.56 Å². The Morgan fingerprint density at radius 1 is 0.839 bits per heavy atom. The van der Waals surface area contributed by atoms with E-state index in [1.807, 2.05) is 85.7 Å². The van der Waals surface area contributed by atoms with Crippen molar-refractivity contribution in [3.05, 3.63) is 95.1 Å². The number of benzene rings is 3. The first-order valence-corrected chi connectivity index (χ1v) is 10.5. The minimum atomic E-state index is -0.198. The molecule has 0 fully saturated rings. The van der Waals surface area contributed by atoms with E-state index in [2.05, 4.69) is 17.6 Å². The summed E-state index contributed by atoms with van der Waals surface area (Å²) in [7, 11) is 3.78. The van der Waals surface area contributed by atoms with Gasteiger partial charge in [-0.2, -0.15) is 0 Å². The van der Waals surface area contributed by atoms with Crippen LogP contribution >= 0.6 is 0 Å². The SMILES string of the molecule is CCc1ccc(C(=O)Nc2ccc(N(C)C)c(C(=O)NCCc3ccccc3)c2)cc1. The number of anilines is 2. The first-order chi connectivity index (χ1) is 15.0. The third kappa shape index (κ3) is 5.95. The Bertz CT molecular complexity index is 1030. The number of rotatable bonds is 8. The zero-order valence-corrected chi connectivity index (χ0v) is 18.3. The number of amides is 2. The smallest absolute Gasteiger partial charge is 0.255 e. The van der Waals surface area contributed by atoms with Crippen LogP contribution in [0, 0.1) is 0 Å². The highest BCUT2D eigenvalue weighted by molar-refractivity contribution is 6.06. The average Bonchev–Trinajstić information content (AvgIpc) is 2.79. The summed E-state index contributed by atoms with van der Waals surface area (Å²) in [4.78, 5) is 27.4. The van der Waals surface area contributed by atoms with Gasteiger partial charge in [-0.25, -0.2) is 0 Å². The van der Waals surface area contributed by atoms with Crippen LogP contribution in [0.3, 0.4) is 0 Å². The summed E-state index contributed by atoms with van der Waals surface area (Å²) in [6.07, 6.45) is 1.69. The van der Waals surface area contributed by atoms with Crippen molar-refractivity contribution in [3.8, 4) is 0 Å². The Labute approximate surface area is 184 Å². The van der Waals surface area contributed by atoms with Crippen molar-refractivity contribution in [1.82, 2.24) is 5.32 Å². The fraction of sp³-hybridized carbons (Fsp3) is 0.231. The Balaban J connectivity index is 1.71. The molecule has 3 aromatic carbocycles. The Morgan fingerprint density at radius 2 is 1.55 bits per heavy atom. The molecule has 2 N–H and O–H groups in total. The molecule has 0 atom stereocenters. The fourth-order valence-corrected chi connectivity index (χ4v) is 3.34. The summed E-state index contributed by atoms with van der Waals surface area (Å²) in [5.41, 5.74) is 4.85. The minimum absolute atomic E-state index is 0.164. The van der Waals surface area contributed by atoms with Gasteiger partial charge in [0.25, 0.3) is 11.8 Å². The molecule has 160 valence electrons. The van der Waals surface area contributed by atoms with Crippen LogP contribution < -0.4 is 15.5 Å². The zero-order valence-electron chi connectivity index (χ0n) is 18.3. The van der Waals surface area contributed by atoms with E-state index in [4.69, 9.17) is 0 Å². The number of hydrogen-bond acceptors (Lipinski definition) is 3. The molecule has 0 saturated carbocycles. The van der Waals surface area contributed by atoms with Crippen LogP contribution in [0.5, 0.6) is 0 Å². The molecule has 0 heterocycles. The molecule has 0 saturated heterocycles. The molecule has 2 amide bonds. The standard InChI is InChI=1S/C26H29N3O2/c1-4-19-10-12-21(13-11-19)25(30)28-22-14-15-24(29(2)3)23(18-22)26(31)27-17-16-20-8-6-5-7-9-20/h5-15,18H,4,16-17H2,1-3H3,(H,27,31)(H,28,30). The van der Waals surface area contributed by atoms with Crippen molar-refractivity contribution >= 4 is 23.2 Å². The molecule has 3 aromatic rings. The van der Waals surface area contributed by atoms with E-state index in [-0.39, 0.29) is 11.8 Å². The minimum Gasteiger partial charge on any atom is -0.377 e. The van der Waals surface area contributed by atoms with Crippen molar-refractivity contribution in [3.63, 3.8) is 0 Å². The summed E-state index contributed by atoms with van der Waals surface area (Å²) in [5, 5.41) is 5.89. The number of carbonyl (C=O) groups excluding carboxylic acids is 2. The number of hydrogen-bond donors (Lipinski definition) is 2. The largest absolute Gasteiger partial charge is 0.377 e. The predicted molar refractivity (Wildman–Crippen MR) is 127 cm³/mol. The van der Waals surface area contributed by atoms with Gasteiger partial charge in [0.15, 0.2) is 0 Å². The summed E-state index contributed by atoms with van der Waals surface area (Å²) < 4.78 is 0. The highest BCUT2D eigenvalue weighted by atomic mass is 16.2. The van der Waals surface area contributed by atoms with Crippen molar-refractivity contribution in [2.24, 2.45) is 0 Å². The Kier molecular flexibility index (Phi) is 7.44. The second kappa shape index (κ2) is 10.4. The molecule has 0 radical (unpaired) electrons. The molecule has 0 bridgehead atoms. The molecule has 31 heavy (non-hydrogen) atoms. The maximum Gasteiger partial charge on any atom is 0.255 e. The molecular formula is C26H29N3O2. The van der Waals surface area contributed by atoms with Gasteiger partial charge in [0.2, 0.25) is 0 Å². The van der Waals surface area contributed by atoms with Gasteiger partial charge >= 0.3 is 0 Å². The molecule has 0 aliphatic heterocycles. The second-order valence-corrected chi connectivity index (χ2v) is 7.62. The van der Waals surface area contributed by atoms with Crippen LogP contribution in [0.1, 0.15) is 38.8 Å². The molecule has 0 unspecified atom stereocenters. The van der Waals surface area contributed by atoms with E-state index in [9.17, 15) is 9.59 Å². The molecule has 0 aliphatic carbocycles. The number of aryl methyl sites for hydroxylation is 1. The van der Waals surface area contributed by atoms with Gasteiger partial charge < -0.3 is 15.5 Å². The van der Waals surface area contributed by atoms with Crippen LogP contribution in [-0.2, 0) is 12.8 Å². The lowest BCUT2D eigenvalue weighted by Crippen LogP contribution is -2.28. The summed E-state index contributed by atoms with van der Waals surface area (Å²) in [6.45, 7) is 2.61. The normalized spacial score (nSPS) is 10.4. The van der Waals surface area contributed by atoms with Gasteiger partial charge in [-0.15, -0.1) is 0 Å². The number of nitrogens with zero attached hydrogens (tertiary/aromatic N) is 1. The molecule has 0 aromatic heterocycles. The second-order valence-electron chi connectivity index (χ2n) is 7.62. The third-order valence-corrected chi connectivity index (χ3v) is 5.15. The Morgan fingerprint density at radius 3 is 2.19 bits per heavy atom. The fourth-order valence-electron chi connectivity index (χ4n) is 3.34. The van der Waals surface area contributed by atoms with Crippen LogP contribution in [-0.4, -0.2) is 32.5 Å². The van der Waals surface area contributed by atoms with Gasteiger partial charge in [-0.05, 0) is 54.3 Å². The van der Waals surface area contributed by atoms with Gasteiger partial charge in [0, 0.05) is 37.6 Å². The predicted octanol–water partition coefficient (Wildman–Crippen LogP) is 4.54. The van der Waals surface area contributed by atoms with Crippen molar-refractivity contribution in [2.45, 2.75) is 19.8 Å². The first kappa shape index (κ1) is 22.1. The highest BCUT2D eigenvalue weighted by Gasteiger charge is 2.15. The highest BCUT2D eigenvalue weighted by Crippen LogP contribution is 2.23. The first-order valence-electron chi connectivity index (χ1n) is 10.5. The number of nitrogens with one attached hydrogen (secondary N) is 2. The molecule has 5 heteroatoms. The van der Waals surface area contributed by atoms with Gasteiger partial charge in [0.1, 0.15) is 0 Å². The van der Waals surface area contributed by atoms with E-state index >= 15 is 0 Å². The van der Waals surface area contributed by atoms with E-state index in [1.54, 1.807) is 6.07 Å². The van der Waals surface area contributed by atoms with E-state index in [0.29, 0.717) is 23.4 Å². The maximum atomic E-state index is 12.9. The maximum absolute atomic E-state index is 12.9. The monoisotopic (exact) mass is 415 g/mol. The lowest BCUT2D eigenvalue weighted by molar-refractivity contribution is 0.0953. The molecule has 0 spiro atoms. The van der Waals surface area contributed by atoms with E-state index in [1.165, 1.54) is 11.1 Å². The van der Waals surface area contributed by atoms with Gasteiger partial charge in [-0.1, -0.05) is 49.4 Å². The topological polar surface area (TPSA) is 61.4 Å². The van der Waals surface area contributed by atoms with Crippen LogP contribution in [0.4, 0.5) is 11.4 Å². The van der Waals surface area contributed by atoms with Crippen molar-refractivity contribution in [2.75, 3.05) is 30.9 Å². The number of carbonyl (C=O) groups is 2. The molecule has 5 nitrogen and oxygen atoms in total. The summed E-state index contributed by atoms with van der Waals surface area (Å²) in [6, 6.07) is 23.0. The van der Waals surface area contributed by atoms with Crippen LogP contribution in [0.25, 0.3) is 0 Å². The van der Waals surface area contributed by atoms with Gasteiger partial charge in [-0.3, -0.25) is 9.59 Å². The molecule has 0 aliphatic rings. The summed E-state index contributed by atoms with van der Waals surface area (Å²) in [5.74, 6) is -0.362. The average molecular weight is 416 g/mol. The van der Waals surface area contributed by atoms with Crippen molar-refractivity contribution in [1.29, 1.82) is 0 Å². The lowest BCUT2D eigenvalue weighted by atomic mass is 10.1.